The molecule has 6 heteroatoms. The van der Waals surface area contributed by atoms with Gasteiger partial charge in [0.25, 0.3) is 5.91 Å². The molecule has 2 aliphatic heterocycles. The lowest BCUT2D eigenvalue weighted by Gasteiger charge is -2.46. The molecule has 1 aromatic rings. The summed E-state index contributed by atoms with van der Waals surface area (Å²) >= 11 is 6.30. The molecule has 0 radical (unpaired) electrons. The second-order valence-electron chi connectivity index (χ2n) is 8.51. The molecule has 3 rings (SSSR count). The standard InChI is InChI=1S/C19H28ClN3O2/c1-18(2)8-13(9-19(3,4)23-18)22-17(24)12-5-6-16(15(20)7-12)25-14-10-21-11-14/h5-7,13-14,21,23H,8-11H2,1-4H3,(H,22,24). The largest absolute Gasteiger partial charge is 0.486 e. The molecule has 0 aliphatic carbocycles. The van der Waals surface area contributed by atoms with Gasteiger partial charge in [0.05, 0.1) is 5.02 Å². The van der Waals surface area contributed by atoms with Crippen molar-refractivity contribution in [1.82, 2.24) is 16.0 Å². The summed E-state index contributed by atoms with van der Waals surface area (Å²) < 4.78 is 5.79. The highest BCUT2D eigenvalue weighted by Gasteiger charge is 2.38. The van der Waals surface area contributed by atoms with E-state index in [1.807, 2.05) is 0 Å². The van der Waals surface area contributed by atoms with Crippen molar-refractivity contribution in [3.63, 3.8) is 0 Å². The number of halogens is 1. The first-order chi connectivity index (χ1) is 11.6. The van der Waals surface area contributed by atoms with Crippen molar-refractivity contribution in [3.05, 3.63) is 28.8 Å². The molecule has 0 unspecified atom stereocenters. The number of carbonyl (C=O) groups is 1. The Hall–Kier alpha value is -1.30. The predicted octanol–water partition coefficient (Wildman–Crippen LogP) is 2.73. The summed E-state index contributed by atoms with van der Waals surface area (Å²) in [4.78, 5) is 12.6. The van der Waals surface area contributed by atoms with Crippen molar-refractivity contribution in [1.29, 1.82) is 0 Å². The second kappa shape index (κ2) is 6.78. The van der Waals surface area contributed by atoms with Gasteiger partial charge in [-0.3, -0.25) is 4.79 Å². The van der Waals surface area contributed by atoms with E-state index in [4.69, 9.17) is 16.3 Å². The Kier molecular flexibility index (Phi) is 5.02. The highest BCUT2D eigenvalue weighted by atomic mass is 35.5. The molecule has 2 fully saturated rings. The predicted molar refractivity (Wildman–Crippen MR) is 101 cm³/mol. The van der Waals surface area contributed by atoms with Gasteiger partial charge in [-0.15, -0.1) is 0 Å². The van der Waals surface area contributed by atoms with Crippen molar-refractivity contribution in [2.24, 2.45) is 0 Å². The van der Waals surface area contributed by atoms with Gasteiger partial charge in [-0.1, -0.05) is 11.6 Å². The van der Waals surface area contributed by atoms with Crippen LogP contribution < -0.4 is 20.7 Å². The van der Waals surface area contributed by atoms with E-state index < -0.39 is 0 Å². The summed E-state index contributed by atoms with van der Waals surface area (Å²) in [7, 11) is 0. The first-order valence-electron chi connectivity index (χ1n) is 8.91. The zero-order valence-electron chi connectivity index (χ0n) is 15.4. The van der Waals surface area contributed by atoms with E-state index in [2.05, 4.69) is 43.6 Å². The Balaban J connectivity index is 1.65. The van der Waals surface area contributed by atoms with Crippen molar-refractivity contribution in [2.75, 3.05) is 13.1 Å². The maximum absolute atomic E-state index is 12.6. The number of hydrogen-bond acceptors (Lipinski definition) is 4. The Morgan fingerprint density at radius 2 is 1.84 bits per heavy atom. The van der Waals surface area contributed by atoms with Crippen LogP contribution in [-0.2, 0) is 0 Å². The third-order valence-corrected chi connectivity index (χ3v) is 5.05. The van der Waals surface area contributed by atoms with Crippen molar-refractivity contribution in [2.45, 2.75) is 63.8 Å². The van der Waals surface area contributed by atoms with Crippen LogP contribution in [0.25, 0.3) is 0 Å². The third-order valence-electron chi connectivity index (χ3n) is 4.76. The van der Waals surface area contributed by atoms with Gasteiger partial charge in [0.15, 0.2) is 0 Å². The number of hydrogen-bond donors (Lipinski definition) is 3. The fourth-order valence-electron chi connectivity index (χ4n) is 3.96. The normalized spacial score (nSPS) is 22.9. The molecule has 1 aromatic carbocycles. The lowest BCUT2D eigenvalue weighted by atomic mass is 9.79. The topological polar surface area (TPSA) is 62.4 Å². The summed E-state index contributed by atoms with van der Waals surface area (Å²) in [5.41, 5.74) is 0.552. The number of rotatable bonds is 4. The zero-order chi connectivity index (χ0) is 18.2. The zero-order valence-corrected chi connectivity index (χ0v) is 16.2. The van der Waals surface area contributed by atoms with Crippen LogP contribution in [0.1, 0.15) is 50.9 Å². The molecule has 0 bridgehead atoms. The minimum Gasteiger partial charge on any atom is -0.486 e. The van der Waals surface area contributed by atoms with Crippen LogP contribution in [0.3, 0.4) is 0 Å². The van der Waals surface area contributed by atoms with Gasteiger partial charge in [0.2, 0.25) is 0 Å². The summed E-state index contributed by atoms with van der Waals surface area (Å²) in [6, 6.07) is 5.39. The van der Waals surface area contributed by atoms with E-state index in [9.17, 15) is 4.79 Å². The molecule has 2 aliphatic rings. The molecule has 2 heterocycles. The van der Waals surface area contributed by atoms with Crippen LogP contribution in [0.5, 0.6) is 5.75 Å². The van der Waals surface area contributed by atoms with Crippen LogP contribution in [0.2, 0.25) is 5.02 Å². The van der Waals surface area contributed by atoms with E-state index in [0.717, 1.165) is 25.9 Å². The quantitative estimate of drug-likeness (QED) is 0.767. The molecule has 0 atom stereocenters. The number of piperidine rings is 1. The third kappa shape index (κ3) is 4.66. The van der Waals surface area contributed by atoms with Crippen molar-refractivity contribution < 1.29 is 9.53 Å². The summed E-state index contributed by atoms with van der Waals surface area (Å²) in [6.07, 6.45) is 1.95. The van der Waals surface area contributed by atoms with Gasteiger partial charge in [-0.2, -0.15) is 0 Å². The van der Waals surface area contributed by atoms with Gasteiger partial charge in [-0.05, 0) is 58.7 Å². The second-order valence-corrected chi connectivity index (χ2v) is 8.92. The minimum absolute atomic E-state index is 0.00809. The van der Waals surface area contributed by atoms with Gasteiger partial charge in [0, 0.05) is 35.8 Å². The van der Waals surface area contributed by atoms with Crippen LogP contribution >= 0.6 is 11.6 Å². The van der Waals surface area contributed by atoms with Crippen LogP contribution in [0.4, 0.5) is 0 Å². The van der Waals surface area contributed by atoms with Gasteiger partial charge >= 0.3 is 0 Å². The van der Waals surface area contributed by atoms with E-state index in [0.29, 0.717) is 16.3 Å². The van der Waals surface area contributed by atoms with Crippen molar-refractivity contribution in [3.8, 4) is 5.75 Å². The van der Waals surface area contributed by atoms with Gasteiger partial charge < -0.3 is 20.7 Å². The maximum Gasteiger partial charge on any atom is 0.251 e. The first kappa shape index (κ1) is 18.5. The van der Waals surface area contributed by atoms with E-state index in [-0.39, 0.29) is 29.1 Å². The average molecular weight is 366 g/mol. The SMILES string of the molecule is CC1(C)CC(NC(=O)c2ccc(OC3CNC3)c(Cl)c2)CC(C)(C)N1. The maximum atomic E-state index is 12.6. The monoisotopic (exact) mass is 365 g/mol. The fourth-order valence-corrected chi connectivity index (χ4v) is 4.18. The van der Waals surface area contributed by atoms with Crippen LogP contribution in [-0.4, -0.2) is 42.2 Å². The van der Waals surface area contributed by atoms with Gasteiger partial charge in [-0.25, -0.2) is 0 Å². The van der Waals surface area contributed by atoms with Crippen LogP contribution in [0, 0.1) is 0 Å². The summed E-state index contributed by atoms with van der Waals surface area (Å²) in [6.45, 7) is 10.4. The molecule has 1 amide bonds. The lowest BCUT2D eigenvalue weighted by molar-refractivity contribution is 0.0873. The summed E-state index contributed by atoms with van der Waals surface area (Å²) in [5.74, 6) is 0.547. The Morgan fingerprint density at radius 1 is 1.20 bits per heavy atom. The van der Waals surface area contributed by atoms with E-state index in [1.165, 1.54) is 0 Å². The molecule has 0 spiro atoms. The number of carbonyl (C=O) groups excluding carboxylic acids is 1. The molecule has 138 valence electrons. The van der Waals surface area contributed by atoms with Crippen LogP contribution in [0.15, 0.2) is 18.2 Å². The number of benzene rings is 1. The molecule has 25 heavy (non-hydrogen) atoms. The Morgan fingerprint density at radius 3 is 2.36 bits per heavy atom. The highest BCUT2D eigenvalue weighted by molar-refractivity contribution is 6.32. The molecule has 3 N–H and O–H groups in total. The lowest BCUT2D eigenvalue weighted by Crippen LogP contribution is -2.62. The molecule has 2 saturated heterocycles. The molecule has 0 aromatic heterocycles. The molecule has 5 nitrogen and oxygen atoms in total. The minimum atomic E-state index is -0.0859. The molecular formula is C19H28ClN3O2. The highest BCUT2D eigenvalue weighted by Crippen LogP contribution is 2.30. The van der Waals surface area contributed by atoms with Crippen molar-refractivity contribution >= 4 is 17.5 Å². The molecular weight excluding hydrogens is 338 g/mol. The number of nitrogens with one attached hydrogen (secondary N) is 3. The fraction of sp³-hybridized carbons (Fsp3) is 0.632. The van der Waals surface area contributed by atoms with Gasteiger partial charge in [0.1, 0.15) is 11.9 Å². The molecule has 0 saturated carbocycles. The summed E-state index contributed by atoms with van der Waals surface area (Å²) in [5, 5.41) is 10.4. The smallest absolute Gasteiger partial charge is 0.251 e. The number of amides is 1. The number of ether oxygens (including phenoxy) is 1. The Labute approximate surface area is 154 Å². The van der Waals surface area contributed by atoms with E-state index >= 15 is 0 Å². The average Bonchev–Trinajstić information content (AvgIpc) is 2.40. The first-order valence-corrected chi connectivity index (χ1v) is 9.28. The Bertz CT molecular complexity index is 640. The van der Waals surface area contributed by atoms with E-state index in [1.54, 1.807) is 18.2 Å².